The monoisotopic (exact) mass is 397 g/mol. The van der Waals surface area contributed by atoms with Crippen LogP contribution in [0.15, 0.2) is 58.3 Å². The Hall–Kier alpha value is -2.22. The summed E-state index contributed by atoms with van der Waals surface area (Å²) in [5.74, 6) is 0.692. The van der Waals surface area contributed by atoms with Gasteiger partial charge < -0.3 is 0 Å². The Morgan fingerprint density at radius 2 is 2.04 bits per heavy atom. The standard InChI is InChI=1S/C19H15N3OS3/c1-12-3-2-4-16-17(12)21-19(26-16)22-18(23)13-5-7-15(8-6-13)25-10-14-9-24-11-20-14/h2-9,11H,10H2,1H3,(H,21,22,23). The molecule has 4 rings (SSSR count). The number of nitrogens with zero attached hydrogens (tertiary/aromatic N) is 2. The number of carbonyl (C=O) groups excluding carboxylic acids is 1. The van der Waals surface area contributed by atoms with Crippen LogP contribution in [-0.2, 0) is 5.75 Å². The van der Waals surface area contributed by atoms with Crippen molar-refractivity contribution in [2.24, 2.45) is 0 Å². The fourth-order valence-electron chi connectivity index (χ4n) is 2.48. The highest BCUT2D eigenvalue weighted by Crippen LogP contribution is 2.28. The number of benzene rings is 2. The normalized spacial score (nSPS) is 11.0. The molecule has 0 aliphatic carbocycles. The van der Waals surface area contributed by atoms with Gasteiger partial charge in [-0.2, -0.15) is 0 Å². The van der Waals surface area contributed by atoms with Gasteiger partial charge in [-0.15, -0.1) is 23.1 Å². The molecule has 0 aliphatic heterocycles. The van der Waals surface area contributed by atoms with Crippen LogP contribution >= 0.6 is 34.4 Å². The van der Waals surface area contributed by atoms with Gasteiger partial charge in [0.05, 0.1) is 21.4 Å². The first-order chi connectivity index (χ1) is 12.7. The predicted octanol–water partition coefficient (Wildman–Crippen LogP) is 5.61. The lowest BCUT2D eigenvalue weighted by Crippen LogP contribution is -2.11. The Kier molecular flexibility index (Phi) is 5.01. The van der Waals surface area contributed by atoms with Crippen LogP contribution < -0.4 is 5.32 Å². The zero-order valence-electron chi connectivity index (χ0n) is 13.9. The quantitative estimate of drug-likeness (QED) is 0.445. The van der Waals surface area contributed by atoms with Crippen LogP contribution in [-0.4, -0.2) is 15.9 Å². The highest BCUT2D eigenvalue weighted by atomic mass is 32.2. The van der Waals surface area contributed by atoms with E-state index in [0.29, 0.717) is 10.7 Å². The van der Waals surface area contributed by atoms with Gasteiger partial charge in [0.1, 0.15) is 0 Å². The fourth-order valence-corrected chi connectivity index (χ4v) is 4.88. The number of hydrogen-bond donors (Lipinski definition) is 1. The van der Waals surface area contributed by atoms with Gasteiger partial charge in [-0.1, -0.05) is 23.5 Å². The smallest absolute Gasteiger partial charge is 0.257 e. The highest BCUT2D eigenvalue weighted by Gasteiger charge is 2.11. The number of aryl methyl sites for hydroxylation is 1. The summed E-state index contributed by atoms with van der Waals surface area (Å²) in [7, 11) is 0. The average Bonchev–Trinajstić information content (AvgIpc) is 3.30. The number of rotatable bonds is 5. The average molecular weight is 398 g/mol. The molecule has 0 saturated heterocycles. The van der Waals surface area contributed by atoms with Crippen LogP contribution in [0.3, 0.4) is 0 Å². The third-order valence-corrected chi connectivity index (χ3v) is 6.44. The number of fused-ring (bicyclic) bond motifs is 1. The summed E-state index contributed by atoms with van der Waals surface area (Å²) in [6.45, 7) is 2.02. The van der Waals surface area contributed by atoms with Crippen molar-refractivity contribution in [3.8, 4) is 0 Å². The Labute approximate surface area is 163 Å². The number of amides is 1. The van der Waals surface area contributed by atoms with E-state index < -0.39 is 0 Å². The van der Waals surface area contributed by atoms with Crippen LogP contribution in [0.1, 0.15) is 21.6 Å². The van der Waals surface area contributed by atoms with Gasteiger partial charge in [-0.3, -0.25) is 10.1 Å². The second-order valence-corrected chi connectivity index (χ2v) is 8.49. The van der Waals surface area contributed by atoms with E-state index in [1.807, 2.05) is 54.9 Å². The number of aromatic nitrogens is 2. The molecule has 0 radical (unpaired) electrons. The molecule has 0 fully saturated rings. The molecule has 2 heterocycles. The third kappa shape index (κ3) is 3.80. The molecule has 0 atom stereocenters. The Morgan fingerprint density at radius 1 is 1.19 bits per heavy atom. The molecule has 4 nitrogen and oxygen atoms in total. The molecule has 0 aliphatic rings. The van der Waals surface area contributed by atoms with Gasteiger partial charge in [0.2, 0.25) is 0 Å². The molecule has 2 aromatic heterocycles. The molecule has 1 N–H and O–H groups in total. The van der Waals surface area contributed by atoms with E-state index >= 15 is 0 Å². The largest absolute Gasteiger partial charge is 0.298 e. The molecule has 2 aromatic carbocycles. The Balaban J connectivity index is 1.43. The summed E-state index contributed by atoms with van der Waals surface area (Å²) in [5.41, 5.74) is 5.60. The van der Waals surface area contributed by atoms with Crippen LogP contribution in [0.2, 0.25) is 0 Å². The molecule has 1 amide bonds. The van der Waals surface area contributed by atoms with Crippen molar-refractivity contribution in [3.05, 3.63) is 70.2 Å². The summed E-state index contributed by atoms with van der Waals surface area (Å²) in [5, 5.41) is 5.58. The van der Waals surface area contributed by atoms with Crippen molar-refractivity contribution in [3.63, 3.8) is 0 Å². The molecular weight excluding hydrogens is 382 g/mol. The summed E-state index contributed by atoms with van der Waals surface area (Å²) in [4.78, 5) is 22.4. The zero-order chi connectivity index (χ0) is 17.9. The Morgan fingerprint density at radius 3 is 2.77 bits per heavy atom. The third-order valence-electron chi connectivity index (χ3n) is 3.83. The molecule has 0 unspecified atom stereocenters. The first-order valence-corrected chi connectivity index (χ1v) is 10.7. The second kappa shape index (κ2) is 7.57. The molecule has 4 aromatic rings. The van der Waals surface area contributed by atoms with Crippen molar-refractivity contribution < 1.29 is 4.79 Å². The van der Waals surface area contributed by atoms with Gasteiger partial charge in [0.15, 0.2) is 5.13 Å². The first-order valence-electron chi connectivity index (χ1n) is 7.96. The summed E-state index contributed by atoms with van der Waals surface area (Å²) in [6, 6.07) is 13.7. The number of thioether (sulfide) groups is 1. The molecule has 7 heteroatoms. The molecule has 130 valence electrons. The van der Waals surface area contributed by atoms with Gasteiger partial charge in [0.25, 0.3) is 5.91 Å². The van der Waals surface area contributed by atoms with E-state index in [9.17, 15) is 4.79 Å². The van der Waals surface area contributed by atoms with Crippen molar-refractivity contribution in [1.29, 1.82) is 0 Å². The van der Waals surface area contributed by atoms with Crippen molar-refractivity contribution >= 4 is 55.7 Å². The molecule has 26 heavy (non-hydrogen) atoms. The number of para-hydroxylation sites is 1. The van der Waals surface area contributed by atoms with E-state index in [4.69, 9.17) is 0 Å². The zero-order valence-corrected chi connectivity index (χ0v) is 16.4. The fraction of sp³-hybridized carbons (Fsp3) is 0.105. The van der Waals surface area contributed by atoms with Crippen LogP contribution in [0.25, 0.3) is 10.2 Å². The molecule has 0 saturated carbocycles. The molecule has 0 spiro atoms. The maximum Gasteiger partial charge on any atom is 0.257 e. The SMILES string of the molecule is Cc1cccc2sc(NC(=O)c3ccc(SCc4cscn4)cc3)nc12. The minimum absolute atomic E-state index is 0.141. The maximum absolute atomic E-state index is 12.5. The minimum Gasteiger partial charge on any atom is -0.298 e. The van der Waals surface area contributed by atoms with Crippen molar-refractivity contribution in [2.75, 3.05) is 5.32 Å². The summed E-state index contributed by atoms with van der Waals surface area (Å²) < 4.78 is 1.08. The number of nitrogens with one attached hydrogen (secondary N) is 1. The highest BCUT2D eigenvalue weighted by molar-refractivity contribution is 7.98. The number of carbonyl (C=O) groups is 1. The van der Waals surface area contributed by atoms with E-state index in [0.717, 1.165) is 32.1 Å². The maximum atomic E-state index is 12.5. The summed E-state index contributed by atoms with van der Waals surface area (Å²) >= 11 is 4.80. The lowest BCUT2D eigenvalue weighted by Gasteiger charge is -2.03. The van der Waals surface area contributed by atoms with E-state index in [1.54, 1.807) is 23.1 Å². The van der Waals surface area contributed by atoms with Gasteiger partial charge in [0, 0.05) is 21.6 Å². The van der Waals surface area contributed by atoms with Gasteiger partial charge in [-0.05, 0) is 42.8 Å². The number of anilines is 1. The van der Waals surface area contributed by atoms with Crippen LogP contribution in [0.5, 0.6) is 0 Å². The number of hydrogen-bond acceptors (Lipinski definition) is 6. The van der Waals surface area contributed by atoms with Crippen LogP contribution in [0, 0.1) is 6.92 Å². The van der Waals surface area contributed by atoms with E-state index in [1.165, 1.54) is 11.3 Å². The lowest BCUT2D eigenvalue weighted by molar-refractivity contribution is 0.102. The lowest BCUT2D eigenvalue weighted by atomic mass is 10.2. The van der Waals surface area contributed by atoms with Crippen molar-refractivity contribution in [2.45, 2.75) is 17.6 Å². The minimum atomic E-state index is -0.141. The Bertz CT molecular complexity index is 1040. The molecule has 0 bridgehead atoms. The molecular formula is C19H15N3OS3. The predicted molar refractivity (Wildman–Crippen MR) is 110 cm³/mol. The van der Waals surface area contributed by atoms with Gasteiger partial charge >= 0.3 is 0 Å². The van der Waals surface area contributed by atoms with E-state index in [2.05, 4.69) is 20.7 Å². The van der Waals surface area contributed by atoms with E-state index in [-0.39, 0.29) is 5.91 Å². The second-order valence-electron chi connectivity index (χ2n) is 5.69. The van der Waals surface area contributed by atoms with Crippen molar-refractivity contribution in [1.82, 2.24) is 9.97 Å². The first kappa shape index (κ1) is 17.2. The summed E-state index contributed by atoms with van der Waals surface area (Å²) in [6.07, 6.45) is 0. The number of thiazole rings is 2. The van der Waals surface area contributed by atoms with Crippen LogP contribution in [0.4, 0.5) is 5.13 Å². The topological polar surface area (TPSA) is 54.9 Å². The van der Waals surface area contributed by atoms with Gasteiger partial charge in [-0.25, -0.2) is 9.97 Å².